The van der Waals surface area contributed by atoms with Crippen molar-refractivity contribution in [2.75, 3.05) is 0 Å². The number of hydrogen-bond acceptors (Lipinski definition) is 3. The maximum Gasteiger partial charge on any atom is 0.391 e. The van der Waals surface area contributed by atoms with Crippen molar-refractivity contribution < 1.29 is 27.4 Å². The fourth-order valence-corrected chi connectivity index (χ4v) is 6.35. The van der Waals surface area contributed by atoms with Gasteiger partial charge in [0, 0.05) is 12.5 Å². The molecule has 0 aromatic heterocycles. The summed E-state index contributed by atoms with van der Waals surface area (Å²) in [7, 11) is 0. The zero-order chi connectivity index (χ0) is 28.0. The van der Waals surface area contributed by atoms with Crippen molar-refractivity contribution in [3.05, 3.63) is 20.3 Å². The molecule has 3 nitrogen and oxygen atoms in total. The Morgan fingerprint density at radius 1 is 1.00 bits per heavy atom. The fourth-order valence-electron chi connectivity index (χ4n) is 5.32. The minimum atomic E-state index is -4.06. The van der Waals surface area contributed by atoms with E-state index in [0.29, 0.717) is 24.0 Å². The van der Waals surface area contributed by atoms with Crippen molar-refractivity contribution in [3.63, 3.8) is 0 Å². The Balaban J connectivity index is 1.76. The molecule has 0 bridgehead atoms. The van der Waals surface area contributed by atoms with Gasteiger partial charge in [0.1, 0.15) is 17.1 Å². The molecule has 1 aromatic rings. The highest BCUT2D eigenvalue weighted by molar-refractivity contribution is 14.1. The summed E-state index contributed by atoms with van der Waals surface area (Å²) in [4.78, 5) is 11.6. The Bertz CT molecular complexity index is 915. The molecule has 212 valence electrons. The summed E-state index contributed by atoms with van der Waals surface area (Å²) in [6, 6.07) is 0. The van der Waals surface area contributed by atoms with Gasteiger partial charge in [-0.3, -0.25) is 4.79 Å². The molecule has 1 aliphatic rings. The van der Waals surface area contributed by atoms with E-state index in [1.165, 1.54) is 20.3 Å². The highest BCUT2D eigenvalue weighted by atomic mass is 127. The first-order valence-electron chi connectivity index (χ1n) is 13.9. The number of alkyl halides is 3. The zero-order valence-corrected chi connectivity index (χ0v) is 25.9. The van der Waals surface area contributed by atoms with Crippen molar-refractivity contribution in [1.29, 1.82) is 0 Å². The van der Waals surface area contributed by atoms with Gasteiger partial charge < -0.3 is 9.47 Å². The molecule has 1 aliphatic heterocycles. The number of hydrogen-bond donors (Lipinski definition) is 0. The van der Waals surface area contributed by atoms with E-state index in [1.807, 2.05) is 13.8 Å². The van der Waals surface area contributed by atoms with Crippen LogP contribution in [0.2, 0.25) is 0 Å². The van der Waals surface area contributed by atoms with Crippen LogP contribution in [-0.4, -0.2) is 17.7 Å². The van der Waals surface area contributed by atoms with Crippen LogP contribution in [0.1, 0.15) is 116 Å². The van der Waals surface area contributed by atoms with Crippen molar-refractivity contribution in [2.45, 2.75) is 131 Å². The molecule has 4 atom stereocenters. The molecule has 0 aliphatic carbocycles. The van der Waals surface area contributed by atoms with Crippen LogP contribution in [0, 0.1) is 35.2 Å². The topological polar surface area (TPSA) is 35.5 Å². The lowest BCUT2D eigenvalue weighted by Crippen LogP contribution is -2.37. The molecule has 0 amide bonds. The van der Waals surface area contributed by atoms with Crippen LogP contribution in [0.5, 0.6) is 11.5 Å². The van der Waals surface area contributed by atoms with Crippen LogP contribution in [0.15, 0.2) is 0 Å². The predicted molar refractivity (Wildman–Crippen MR) is 152 cm³/mol. The Hall–Kier alpha value is -0.990. The van der Waals surface area contributed by atoms with Crippen molar-refractivity contribution in [2.24, 2.45) is 17.8 Å². The van der Waals surface area contributed by atoms with Crippen LogP contribution in [0.3, 0.4) is 0 Å². The molecule has 0 spiro atoms. The van der Waals surface area contributed by atoms with E-state index in [4.69, 9.17) is 9.47 Å². The molecule has 37 heavy (non-hydrogen) atoms. The van der Waals surface area contributed by atoms with Gasteiger partial charge in [0.15, 0.2) is 0 Å². The van der Waals surface area contributed by atoms with Gasteiger partial charge >= 0.3 is 12.1 Å². The van der Waals surface area contributed by atoms with E-state index >= 15 is 0 Å². The third-order valence-electron chi connectivity index (χ3n) is 8.17. The average Bonchev–Trinajstić information content (AvgIpc) is 2.79. The van der Waals surface area contributed by atoms with E-state index in [0.717, 1.165) is 77.4 Å². The SMILES string of the molecule is CC(=O)Oc1c(C)c(C)c2c(c1I)CCC(C)(CCCC(C)CCCC(C)CCCC(C)C(F)(F)F)O2. The summed E-state index contributed by atoms with van der Waals surface area (Å²) in [5.41, 5.74) is 2.96. The highest BCUT2D eigenvalue weighted by Gasteiger charge is 2.36. The number of benzene rings is 1. The Kier molecular flexibility index (Phi) is 12.1. The summed E-state index contributed by atoms with van der Waals surface area (Å²) < 4.78 is 51.1. The summed E-state index contributed by atoms with van der Waals surface area (Å²) in [5, 5.41) is 0. The summed E-state index contributed by atoms with van der Waals surface area (Å²) in [5.74, 6) is 1.24. The van der Waals surface area contributed by atoms with Crippen LogP contribution in [-0.2, 0) is 11.2 Å². The number of carbonyl (C=O) groups is 1. The van der Waals surface area contributed by atoms with E-state index in [9.17, 15) is 18.0 Å². The van der Waals surface area contributed by atoms with Gasteiger partial charge in [0.2, 0.25) is 0 Å². The maximum atomic E-state index is 12.7. The number of fused-ring (bicyclic) bond motifs is 1. The number of esters is 1. The van der Waals surface area contributed by atoms with Crippen molar-refractivity contribution >= 4 is 28.6 Å². The van der Waals surface area contributed by atoms with Gasteiger partial charge in [0.25, 0.3) is 0 Å². The second-order valence-electron chi connectivity index (χ2n) is 11.8. The lowest BCUT2D eigenvalue weighted by Gasteiger charge is -2.38. The summed E-state index contributed by atoms with van der Waals surface area (Å²) >= 11 is 2.28. The largest absolute Gasteiger partial charge is 0.487 e. The fraction of sp³-hybridized carbons (Fsp3) is 0.767. The maximum absolute atomic E-state index is 12.7. The molecule has 0 fully saturated rings. The summed E-state index contributed by atoms with van der Waals surface area (Å²) in [6.07, 6.45) is 6.23. The molecule has 0 radical (unpaired) electrons. The monoisotopic (exact) mass is 638 g/mol. The quantitative estimate of drug-likeness (QED) is 0.123. The smallest absolute Gasteiger partial charge is 0.391 e. The molecule has 1 heterocycles. The van der Waals surface area contributed by atoms with Gasteiger partial charge in [-0.15, -0.1) is 0 Å². The van der Waals surface area contributed by atoms with E-state index in [1.54, 1.807) is 0 Å². The molecule has 0 saturated carbocycles. The van der Waals surface area contributed by atoms with Crippen molar-refractivity contribution in [1.82, 2.24) is 0 Å². The zero-order valence-electron chi connectivity index (χ0n) is 23.7. The van der Waals surface area contributed by atoms with E-state index in [-0.39, 0.29) is 18.0 Å². The predicted octanol–water partition coefficient (Wildman–Crippen LogP) is 9.90. The normalized spacial score (nSPS) is 20.1. The molecule has 4 unspecified atom stereocenters. The van der Waals surface area contributed by atoms with Gasteiger partial charge in [0.05, 0.1) is 9.49 Å². The molecule has 0 saturated heterocycles. The van der Waals surface area contributed by atoms with E-state index in [2.05, 4.69) is 43.4 Å². The van der Waals surface area contributed by atoms with Gasteiger partial charge in [-0.1, -0.05) is 59.3 Å². The minimum absolute atomic E-state index is 0.196. The van der Waals surface area contributed by atoms with Crippen molar-refractivity contribution in [3.8, 4) is 11.5 Å². The van der Waals surface area contributed by atoms with Gasteiger partial charge in [-0.05, 0) is 98.4 Å². The second kappa shape index (κ2) is 13.9. The van der Waals surface area contributed by atoms with Crippen LogP contribution < -0.4 is 9.47 Å². The lowest BCUT2D eigenvalue weighted by atomic mass is 9.85. The highest BCUT2D eigenvalue weighted by Crippen LogP contribution is 2.45. The number of carbonyl (C=O) groups excluding carboxylic acids is 1. The molecule has 7 heteroatoms. The first-order chi connectivity index (χ1) is 17.1. The number of rotatable bonds is 13. The van der Waals surface area contributed by atoms with E-state index < -0.39 is 12.1 Å². The molecular weight excluding hydrogens is 592 g/mol. The standard InChI is InChI=1S/C30H46F3IO3/c1-19(13-9-15-21(3)30(31,32)33)11-8-12-20(2)14-10-17-29(7)18-16-25-26(34)28(36-24(6)35)23(5)22(4)27(25)37-29/h19-21H,8-18H2,1-7H3. The van der Waals surface area contributed by atoms with Crippen LogP contribution in [0.4, 0.5) is 13.2 Å². The molecular formula is C30H46F3IO3. The Morgan fingerprint density at radius 3 is 2.08 bits per heavy atom. The Labute approximate surface area is 235 Å². The summed E-state index contributed by atoms with van der Waals surface area (Å²) in [6.45, 7) is 13.4. The molecule has 0 N–H and O–H groups in total. The molecule has 2 rings (SSSR count). The average molecular weight is 639 g/mol. The Morgan fingerprint density at radius 2 is 1.54 bits per heavy atom. The van der Waals surface area contributed by atoms with Crippen LogP contribution in [0.25, 0.3) is 0 Å². The number of ether oxygens (including phenoxy) is 2. The third kappa shape index (κ3) is 9.61. The second-order valence-corrected chi connectivity index (χ2v) is 12.8. The van der Waals surface area contributed by atoms with Gasteiger partial charge in [-0.2, -0.15) is 13.2 Å². The first kappa shape index (κ1) is 32.2. The molecule has 1 aromatic carbocycles. The third-order valence-corrected chi connectivity index (χ3v) is 9.31. The lowest BCUT2D eigenvalue weighted by molar-refractivity contribution is -0.171. The minimum Gasteiger partial charge on any atom is -0.487 e. The first-order valence-corrected chi connectivity index (χ1v) is 15.0. The van der Waals surface area contributed by atoms with Crippen LogP contribution >= 0.6 is 22.6 Å². The number of halogens is 4. The van der Waals surface area contributed by atoms with Gasteiger partial charge in [-0.25, -0.2) is 0 Å².